The Morgan fingerprint density at radius 3 is 2.70 bits per heavy atom. The topological polar surface area (TPSA) is 54.0 Å². The summed E-state index contributed by atoms with van der Waals surface area (Å²) < 4.78 is 11.5. The van der Waals surface area contributed by atoms with Gasteiger partial charge in [-0.1, -0.05) is 30.2 Å². The number of nitrogens with one attached hydrogen (secondary N) is 1. The summed E-state index contributed by atoms with van der Waals surface area (Å²) in [4.78, 5) is 16.5. The fourth-order valence-corrected chi connectivity index (χ4v) is 4.34. The van der Waals surface area contributed by atoms with Crippen molar-refractivity contribution in [1.29, 1.82) is 0 Å². The lowest BCUT2D eigenvalue weighted by Gasteiger charge is -2.24. The average molecular weight is 430 g/mol. The summed E-state index contributed by atoms with van der Waals surface area (Å²) in [6.45, 7) is 2.86. The Hall–Kier alpha value is -2.44. The highest BCUT2D eigenvalue weighted by molar-refractivity contribution is 6.34. The highest BCUT2D eigenvalue weighted by atomic mass is 35.5. The maximum absolute atomic E-state index is 13.1. The Labute approximate surface area is 182 Å². The molecule has 2 fully saturated rings. The molecular weight excluding hydrogens is 402 g/mol. The summed E-state index contributed by atoms with van der Waals surface area (Å²) in [6, 6.07) is 13.5. The van der Waals surface area contributed by atoms with Crippen LogP contribution in [-0.2, 0) is 0 Å². The normalized spacial score (nSPS) is 19.3. The highest BCUT2D eigenvalue weighted by Gasteiger charge is 2.32. The number of ether oxygens (including phenoxy) is 2. The average Bonchev–Trinajstić information content (AvgIpc) is 3.16. The highest BCUT2D eigenvalue weighted by Crippen LogP contribution is 2.35. The molecule has 1 atom stereocenters. The Morgan fingerprint density at radius 2 is 1.93 bits per heavy atom. The van der Waals surface area contributed by atoms with Crippen molar-refractivity contribution in [2.45, 2.75) is 31.7 Å². The second-order valence-electron chi connectivity index (χ2n) is 7.66. The first kappa shape index (κ1) is 20.8. The van der Waals surface area contributed by atoms with Crippen LogP contribution >= 0.6 is 11.6 Å². The van der Waals surface area contributed by atoms with E-state index in [1.807, 2.05) is 36.4 Å². The Balaban J connectivity index is 1.45. The molecule has 160 valence electrons. The zero-order valence-electron chi connectivity index (χ0n) is 17.3. The number of benzene rings is 2. The van der Waals surface area contributed by atoms with Crippen molar-refractivity contribution in [1.82, 2.24) is 5.32 Å². The largest absolute Gasteiger partial charge is 0.493 e. The van der Waals surface area contributed by atoms with Gasteiger partial charge in [0.2, 0.25) is 0 Å². The number of hydrogen-bond acceptors (Lipinski definition) is 4. The van der Waals surface area contributed by atoms with E-state index in [1.165, 1.54) is 19.3 Å². The summed E-state index contributed by atoms with van der Waals surface area (Å²) >= 11 is 6.30. The van der Waals surface area contributed by atoms with Crippen LogP contribution in [0.1, 0.15) is 25.7 Å². The fourth-order valence-electron chi connectivity index (χ4n) is 4.10. The number of amides is 2. The Morgan fingerprint density at radius 1 is 1.10 bits per heavy atom. The molecule has 2 aliphatic heterocycles. The van der Waals surface area contributed by atoms with E-state index < -0.39 is 0 Å². The Bertz CT molecular complexity index is 886. The molecule has 2 amide bonds. The van der Waals surface area contributed by atoms with E-state index in [4.69, 9.17) is 21.1 Å². The van der Waals surface area contributed by atoms with Crippen molar-refractivity contribution in [2.75, 3.05) is 43.2 Å². The lowest BCUT2D eigenvalue weighted by Crippen LogP contribution is -2.35. The third-order valence-corrected chi connectivity index (χ3v) is 6.07. The van der Waals surface area contributed by atoms with E-state index in [0.29, 0.717) is 42.3 Å². The van der Waals surface area contributed by atoms with E-state index in [9.17, 15) is 4.79 Å². The summed E-state index contributed by atoms with van der Waals surface area (Å²) in [6.07, 6.45) is 4.68. The van der Waals surface area contributed by atoms with Crippen LogP contribution in [0.25, 0.3) is 0 Å². The molecule has 2 aliphatic rings. The molecular formula is C23H28ClN3O3. The molecule has 0 bridgehead atoms. The third kappa shape index (κ3) is 4.50. The number of piperidine rings is 1. The first-order chi connectivity index (χ1) is 14.7. The second kappa shape index (κ2) is 9.58. The quantitative estimate of drug-likeness (QED) is 0.692. The number of urea groups is 1. The minimum Gasteiger partial charge on any atom is -0.493 e. The van der Waals surface area contributed by atoms with E-state index in [1.54, 1.807) is 23.0 Å². The van der Waals surface area contributed by atoms with Gasteiger partial charge in [0.1, 0.15) is 0 Å². The molecule has 7 heteroatoms. The molecule has 0 radical (unpaired) electrons. The predicted octanol–water partition coefficient (Wildman–Crippen LogP) is 4.71. The molecule has 4 rings (SSSR count). The van der Waals surface area contributed by atoms with Crippen molar-refractivity contribution in [3.63, 3.8) is 0 Å². The number of nitrogens with zero attached hydrogens (tertiary/aromatic N) is 2. The van der Waals surface area contributed by atoms with Gasteiger partial charge >= 0.3 is 6.03 Å². The monoisotopic (exact) mass is 429 g/mol. The minimum atomic E-state index is -0.0920. The van der Waals surface area contributed by atoms with Crippen molar-refractivity contribution < 1.29 is 14.3 Å². The molecule has 1 N–H and O–H groups in total. The number of carbonyl (C=O) groups is 1. The summed E-state index contributed by atoms with van der Waals surface area (Å²) in [7, 11) is 1.63. The standard InChI is InChI=1S/C23H28ClN3O3/c1-29-21-10-9-18(16-22(21)30-15-11-17-6-4-5-12-25-17)26-13-14-27(23(26)28)20-8-3-2-7-19(20)24/h2-3,7-10,16-17,25H,4-6,11-15H2,1H3. The van der Waals surface area contributed by atoms with Gasteiger partial charge in [-0.25, -0.2) is 4.79 Å². The number of hydrogen-bond donors (Lipinski definition) is 1. The van der Waals surface area contributed by atoms with Gasteiger partial charge < -0.3 is 14.8 Å². The molecule has 0 aromatic heterocycles. The van der Waals surface area contributed by atoms with Crippen LogP contribution in [0.5, 0.6) is 11.5 Å². The van der Waals surface area contributed by atoms with Crippen LogP contribution in [0.2, 0.25) is 5.02 Å². The molecule has 6 nitrogen and oxygen atoms in total. The van der Waals surface area contributed by atoms with Gasteiger partial charge in [-0.15, -0.1) is 0 Å². The van der Waals surface area contributed by atoms with Crippen LogP contribution < -0.4 is 24.6 Å². The number of rotatable bonds is 7. The van der Waals surface area contributed by atoms with Crippen molar-refractivity contribution in [2.24, 2.45) is 0 Å². The number of para-hydroxylation sites is 1. The van der Waals surface area contributed by atoms with Crippen LogP contribution in [0, 0.1) is 0 Å². The van der Waals surface area contributed by atoms with Gasteiger partial charge in [-0.2, -0.15) is 0 Å². The number of anilines is 2. The molecule has 0 aliphatic carbocycles. The van der Waals surface area contributed by atoms with E-state index in [0.717, 1.165) is 24.3 Å². The molecule has 1 unspecified atom stereocenters. The lowest BCUT2D eigenvalue weighted by atomic mass is 10.0. The first-order valence-corrected chi connectivity index (χ1v) is 10.9. The zero-order valence-corrected chi connectivity index (χ0v) is 18.0. The van der Waals surface area contributed by atoms with E-state index in [-0.39, 0.29) is 6.03 Å². The molecule has 2 aromatic carbocycles. The number of carbonyl (C=O) groups excluding carboxylic acids is 1. The van der Waals surface area contributed by atoms with Crippen molar-refractivity contribution in [3.05, 3.63) is 47.5 Å². The Kier molecular flexibility index (Phi) is 6.65. The molecule has 2 heterocycles. The van der Waals surface area contributed by atoms with Gasteiger partial charge in [0.05, 0.1) is 24.4 Å². The van der Waals surface area contributed by atoms with Gasteiger partial charge in [0.25, 0.3) is 0 Å². The smallest absolute Gasteiger partial charge is 0.329 e. The SMILES string of the molecule is COc1ccc(N2CCN(c3ccccc3Cl)C2=O)cc1OCCC1CCCCN1. The molecule has 2 saturated heterocycles. The van der Waals surface area contributed by atoms with Crippen LogP contribution in [0.3, 0.4) is 0 Å². The van der Waals surface area contributed by atoms with E-state index in [2.05, 4.69) is 5.32 Å². The van der Waals surface area contributed by atoms with Gasteiger partial charge in [0, 0.05) is 30.9 Å². The summed E-state index contributed by atoms with van der Waals surface area (Å²) in [5.41, 5.74) is 1.53. The van der Waals surface area contributed by atoms with Crippen LogP contribution in [0.15, 0.2) is 42.5 Å². The van der Waals surface area contributed by atoms with Crippen LogP contribution in [0.4, 0.5) is 16.2 Å². The van der Waals surface area contributed by atoms with Gasteiger partial charge in [-0.05, 0) is 50.1 Å². The first-order valence-electron chi connectivity index (χ1n) is 10.5. The lowest BCUT2D eigenvalue weighted by molar-refractivity contribution is 0.255. The maximum Gasteiger partial charge on any atom is 0.329 e. The molecule has 30 heavy (non-hydrogen) atoms. The molecule has 0 spiro atoms. The summed E-state index contributed by atoms with van der Waals surface area (Å²) in [5.74, 6) is 1.33. The summed E-state index contributed by atoms with van der Waals surface area (Å²) in [5, 5.41) is 4.11. The fraction of sp³-hybridized carbons (Fsp3) is 0.435. The van der Waals surface area contributed by atoms with Gasteiger partial charge in [-0.3, -0.25) is 9.80 Å². The van der Waals surface area contributed by atoms with E-state index >= 15 is 0 Å². The zero-order chi connectivity index (χ0) is 20.9. The molecule has 2 aromatic rings. The maximum atomic E-state index is 13.1. The van der Waals surface area contributed by atoms with Gasteiger partial charge in [0.15, 0.2) is 11.5 Å². The predicted molar refractivity (Wildman–Crippen MR) is 120 cm³/mol. The van der Waals surface area contributed by atoms with Crippen molar-refractivity contribution in [3.8, 4) is 11.5 Å². The number of halogens is 1. The number of methoxy groups -OCH3 is 1. The molecule has 0 saturated carbocycles. The minimum absolute atomic E-state index is 0.0920. The van der Waals surface area contributed by atoms with Crippen molar-refractivity contribution >= 4 is 29.0 Å². The van der Waals surface area contributed by atoms with Crippen LogP contribution in [-0.4, -0.2) is 45.4 Å². The third-order valence-electron chi connectivity index (χ3n) is 5.75. The second-order valence-corrected chi connectivity index (χ2v) is 8.06.